The zero-order chi connectivity index (χ0) is 14.3. The van der Waals surface area contributed by atoms with Crippen LogP contribution in [0.1, 0.15) is 31.2 Å². The van der Waals surface area contributed by atoms with Crippen LogP contribution >= 0.6 is 0 Å². The van der Waals surface area contributed by atoms with Crippen molar-refractivity contribution in [2.45, 2.75) is 32.6 Å². The molecular weight excluding hydrogens is 269 g/mol. The summed E-state index contributed by atoms with van der Waals surface area (Å²) in [5, 5.41) is 4.90. The van der Waals surface area contributed by atoms with Crippen LogP contribution in [0, 0.1) is 12.7 Å². The lowest BCUT2D eigenvalue weighted by atomic mass is 10.2. The van der Waals surface area contributed by atoms with E-state index in [9.17, 15) is 12.8 Å². The van der Waals surface area contributed by atoms with Crippen LogP contribution in [0.5, 0.6) is 5.75 Å². The van der Waals surface area contributed by atoms with Crippen molar-refractivity contribution in [1.82, 2.24) is 0 Å². The number of rotatable bonds is 8. The Morgan fingerprint density at radius 3 is 2.58 bits per heavy atom. The number of benzene rings is 1. The van der Waals surface area contributed by atoms with Gasteiger partial charge in [-0.15, -0.1) is 0 Å². The molecule has 0 atom stereocenters. The van der Waals surface area contributed by atoms with Crippen LogP contribution in [0.25, 0.3) is 0 Å². The molecule has 0 aliphatic carbocycles. The Bertz CT molecular complexity index is 503. The first-order valence-corrected chi connectivity index (χ1v) is 7.99. The standard InChI is InChI=1S/C13H20FNO3S/c1-11-6-7-12(14)10-13(11)18-8-4-2-3-5-9-19(15,16)17/h6-7,10H,2-5,8-9H2,1H3,(H2,15,16,17). The first kappa shape index (κ1) is 15.9. The molecule has 0 saturated carbocycles. The number of primary sulfonamides is 1. The second-order valence-corrected chi connectivity index (χ2v) is 6.27. The molecule has 0 aromatic heterocycles. The number of unbranched alkanes of at least 4 members (excludes halogenated alkanes) is 3. The highest BCUT2D eigenvalue weighted by molar-refractivity contribution is 7.89. The highest BCUT2D eigenvalue weighted by Gasteiger charge is 2.03. The molecule has 0 aliphatic rings. The van der Waals surface area contributed by atoms with Gasteiger partial charge in [-0.1, -0.05) is 18.9 Å². The van der Waals surface area contributed by atoms with Crippen molar-refractivity contribution in [3.63, 3.8) is 0 Å². The first-order valence-electron chi connectivity index (χ1n) is 6.28. The molecule has 0 heterocycles. The summed E-state index contributed by atoms with van der Waals surface area (Å²) in [5.41, 5.74) is 0.899. The van der Waals surface area contributed by atoms with Crippen LogP contribution in [0.2, 0.25) is 0 Å². The zero-order valence-corrected chi connectivity index (χ0v) is 11.9. The van der Waals surface area contributed by atoms with Gasteiger partial charge in [0.15, 0.2) is 0 Å². The van der Waals surface area contributed by atoms with Gasteiger partial charge in [0.2, 0.25) is 10.0 Å². The molecule has 2 N–H and O–H groups in total. The maximum Gasteiger partial charge on any atom is 0.209 e. The predicted octanol–water partition coefficient (Wildman–Crippen LogP) is 2.36. The molecule has 0 spiro atoms. The molecule has 0 saturated heterocycles. The fourth-order valence-electron chi connectivity index (χ4n) is 1.67. The lowest BCUT2D eigenvalue weighted by Crippen LogP contribution is -2.16. The van der Waals surface area contributed by atoms with Gasteiger partial charge in [0.25, 0.3) is 0 Å². The number of halogens is 1. The van der Waals surface area contributed by atoms with Crippen molar-refractivity contribution < 1.29 is 17.5 Å². The highest BCUT2D eigenvalue weighted by Crippen LogP contribution is 2.19. The van der Waals surface area contributed by atoms with E-state index in [1.165, 1.54) is 12.1 Å². The largest absolute Gasteiger partial charge is 0.493 e. The number of hydrogen-bond acceptors (Lipinski definition) is 3. The van der Waals surface area contributed by atoms with E-state index >= 15 is 0 Å². The quantitative estimate of drug-likeness (QED) is 0.747. The Labute approximate surface area is 113 Å². The third-order valence-electron chi connectivity index (χ3n) is 2.73. The number of aryl methyl sites for hydroxylation is 1. The van der Waals surface area contributed by atoms with Crippen LogP contribution in [0.3, 0.4) is 0 Å². The number of nitrogens with two attached hydrogens (primary N) is 1. The molecule has 19 heavy (non-hydrogen) atoms. The van der Waals surface area contributed by atoms with Gasteiger partial charge in [-0.3, -0.25) is 0 Å². The van der Waals surface area contributed by atoms with E-state index in [0.717, 1.165) is 24.8 Å². The molecule has 0 fully saturated rings. The summed E-state index contributed by atoms with van der Waals surface area (Å²) in [4.78, 5) is 0. The zero-order valence-electron chi connectivity index (χ0n) is 11.1. The molecule has 108 valence electrons. The maximum absolute atomic E-state index is 13.0. The van der Waals surface area contributed by atoms with E-state index in [2.05, 4.69) is 0 Å². The summed E-state index contributed by atoms with van der Waals surface area (Å²) in [6.07, 6.45) is 3.03. The Morgan fingerprint density at radius 1 is 1.21 bits per heavy atom. The molecule has 0 unspecified atom stereocenters. The fourth-order valence-corrected chi connectivity index (χ4v) is 2.28. The minimum Gasteiger partial charge on any atom is -0.493 e. The highest BCUT2D eigenvalue weighted by atomic mass is 32.2. The van der Waals surface area contributed by atoms with E-state index in [4.69, 9.17) is 9.88 Å². The van der Waals surface area contributed by atoms with Crippen LogP contribution < -0.4 is 9.88 Å². The molecule has 0 aliphatic heterocycles. The Kier molecular flexibility index (Phi) is 6.24. The number of ether oxygens (including phenoxy) is 1. The van der Waals surface area contributed by atoms with E-state index < -0.39 is 10.0 Å². The normalized spacial score (nSPS) is 11.5. The monoisotopic (exact) mass is 289 g/mol. The van der Waals surface area contributed by atoms with Crippen LogP contribution in [-0.4, -0.2) is 20.8 Å². The van der Waals surface area contributed by atoms with Gasteiger partial charge >= 0.3 is 0 Å². The summed E-state index contributed by atoms with van der Waals surface area (Å²) in [7, 11) is -3.34. The fraction of sp³-hybridized carbons (Fsp3) is 0.538. The van der Waals surface area contributed by atoms with E-state index in [1.54, 1.807) is 6.07 Å². The van der Waals surface area contributed by atoms with Crippen molar-refractivity contribution in [2.75, 3.05) is 12.4 Å². The molecule has 0 radical (unpaired) electrons. The Balaban J connectivity index is 2.16. The van der Waals surface area contributed by atoms with Gasteiger partial charge < -0.3 is 4.74 Å². The molecule has 1 aromatic rings. The van der Waals surface area contributed by atoms with Gasteiger partial charge in [0.1, 0.15) is 11.6 Å². The molecule has 4 nitrogen and oxygen atoms in total. The van der Waals surface area contributed by atoms with Gasteiger partial charge in [0, 0.05) is 6.07 Å². The van der Waals surface area contributed by atoms with Crippen LogP contribution in [0.4, 0.5) is 4.39 Å². The lowest BCUT2D eigenvalue weighted by Gasteiger charge is -2.08. The Hall–Kier alpha value is -1.14. The third kappa shape index (κ3) is 7.12. The van der Waals surface area contributed by atoms with Gasteiger partial charge in [-0.05, 0) is 31.4 Å². The number of sulfonamides is 1. The number of hydrogen-bond donors (Lipinski definition) is 1. The molecule has 0 bridgehead atoms. The SMILES string of the molecule is Cc1ccc(F)cc1OCCCCCCS(N)(=O)=O. The van der Waals surface area contributed by atoms with Gasteiger partial charge in [-0.25, -0.2) is 17.9 Å². The Morgan fingerprint density at radius 2 is 1.89 bits per heavy atom. The minimum atomic E-state index is -3.34. The molecular formula is C13H20FNO3S. The summed E-state index contributed by atoms with van der Waals surface area (Å²) < 4.78 is 39.9. The predicted molar refractivity (Wildman–Crippen MR) is 73.1 cm³/mol. The van der Waals surface area contributed by atoms with Crippen molar-refractivity contribution in [2.24, 2.45) is 5.14 Å². The van der Waals surface area contributed by atoms with Crippen molar-refractivity contribution in [3.8, 4) is 5.75 Å². The molecule has 6 heteroatoms. The van der Waals surface area contributed by atoms with Crippen molar-refractivity contribution in [3.05, 3.63) is 29.6 Å². The molecule has 1 aromatic carbocycles. The molecule has 1 rings (SSSR count). The second kappa shape index (κ2) is 7.45. The average Bonchev–Trinajstić information content (AvgIpc) is 2.31. The lowest BCUT2D eigenvalue weighted by molar-refractivity contribution is 0.301. The summed E-state index contributed by atoms with van der Waals surface area (Å²) in [6.45, 7) is 2.36. The third-order valence-corrected chi connectivity index (χ3v) is 3.59. The van der Waals surface area contributed by atoms with E-state index in [1.807, 2.05) is 6.92 Å². The summed E-state index contributed by atoms with van der Waals surface area (Å²) in [5.74, 6) is 0.273. The van der Waals surface area contributed by atoms with Crippen LogP contribution in [-0.2, 0) is 10.0 Å². The second-order valence-electron chi connectivity index (χ2n) is 4.54. The van der Waals surface area contributed by atoms with Crippen molar-refractivity contribution in [1.29, 1.82) is 0 Å². The molecule has 0 amide bonds. The van der Waals surface area contributed by atoms with E-state index in [-0.39, 0.29) is 11.6 Å². The smallest absolute Gasteiger partial charge is 0.209 e. The van der Waals surface area contributed by atoms with E-state index in [0.29, 0.717) is 18.8 Å². The average molecular weight is 289 g/mol. The minimum absolute atomic E-state index is 0.0247. The van der Waals surface area contributed by atoms with Crippen LogP contribution in [0.15, 0.2) is 18.2 Å². The van der Waals surface area contributed by atoms with Crippen molar-refractivity contribution >= 4 is 10.0 Å². The van der Waals surface area contributed by atoms with Gasteiger partial charge in [0.05, 0.1) is 12.4 Å². The summed E-state index contributed by atoms with van der Waals surface area (Å²) in [6, 6.07) is 4.45. The summed E-state index contributed by atoms with van der Waals surface area (Å²) >= 11 is 0. The topological polar surface area (TPSA) is 69.4 Å². The van der Waals surface area contributed by atoms with Gasteiger partial charge in [-0.2, -0.15) is 0 Å². The maximum atomic E-state index is 13.0. The first-order chi connectivity index (χ1) is 8.88.